The van der Waals surface area contributed by atoms with Crippen LogP contribution < -0.4 is 10.6 Å². The summed E-state index contributed by atoms with van der Waals surface area (Å²) < 4.78 is 0. The molecular formula is C7H16N2. The Morgan fingerprint density at radius 1 is 1.56 bits per heavy atom. The van der Waals surface area contributed by atoms with Crippen molar-refractivity contribution < 1.29 is 0 Å². The summed E-state index contributed by atoms with van der Waals surface area (Å²) in [5, 5.41) is 6.65. The van der Waals surface area contributed by atoms with E-state index in [2.05, 4.69) is 17.6 Å². The van der Waals surface area contributed by atoms with Crippen LogP contribution in [0, 0.1) is 0 Å². The van der Waals surface area contributed by atoms with Crippen LogP contribution in [0.2, 0.25) is 0 Å². The van der Waals surface area contributed by atoms with E-state index in [9.17, 15) is 0 Å². The van der Waals surface area contributed by atoms with E-state index >= 15 is 0 Å². The van der Waals surface area contributed by atoms with E-state index in [-0.39, 0.29) is 0 Å². The second-order valence-corrected chi connectivity index (χ2v) is 2.67. The molecule has 1 saturated heterocycles. The monoisotopic (exact) mass is 128 g/mol. The van der Waals surface area contributed by atoms with E-state index in [1.54, 1.807) is 0 Å². The third-order valence-corrected chi connectivity index (χ3v) is 1.81. The van der Waals surface area contributed by atoms with Gasteiger partial charge in [0.2, 0.25) is 0 Å². The fourth-order valence-corrected chi connectivity index (χ4v) is 1.19. The van der Waals surface area contributed by atoms with E-state index in [4.69, 9.17) is 0 Å². The smallest absolute Gasteiger partial charge is 0.0457 e. The summed E-state index contributed by atoms with van der Waals surface area (Å²) >= 11 is 0. The van der Waals surface area contributed by atoms with Gasteiger partial charge >= 0.3 is 0 Å². The van der Waals surface area contributed by atoms with Gasteiger partial charge in [-0.15, -0.1) is 0 Å². The summed E-state index contributed by atoms with van der Waals surface area (Å²) in [6.07, 6.45) is 4.01. The molecule has 0 spiro atoms. The molecule has 0 aromatic rings. The van der Waals surface area contributed by atoms with Crippen LogP contribution in [0.5, 0.6) is 0 Å². The predicted octanol–water partition coefficient (Wildman–Crippen LogP) is 0.696. The van der Waals surface area contributed by atoms with Crippen molar-refractivity contribution in [2.24, 2.45) is 0 Å². The zero-order valence-corrected chi connectivity index (χ0v) is 6.11. The molecule has 0 radical (unpaired) electrons. The summed E-state index contributed by atoms with van der Waals surface area (Å²) in [5.41, 5.74) is 0. The number of rotatable bonds is 3. The molecule has 0 aromatic heterocycles. The van der Waals surface area contributed by atoms with Gasteiger partial charge in [-0.25, -0.2) is 0 Å². The van der Waals surface area contributed by atoms with Gasteiger partial charge in [0.05, 0.1) is 0 Å². The van der Waals surface area contributed by atoms with Gasteiger partial charge in [0.15, 0.2) is 0 Å². The van der Waals surface area contributed by atoms with Gasteiger partial charge in [-0.3, -0.25) is 0 Å². The van der Waals surface area contributed by atoms with Crippen molar-refractivity contribution >= 4 is 0 Å². The molecule has 54 valence electrons. The molecule has 1 aliphatic heterocycles. The predicted molar refractivity (Wildman–Crippen MR) is 39.3 cm³/mol. The minimum absolute atomic E-state index is 0.755. The lowest BCUT2D eigenvalue weighted by atomic mass is 10.1. The molecule has 2 heteroatoms. The standard InChI is InChI=1S/C7H16N2/c1-2-3-4-7-5-8-6-9-7/h7-9H,2-6H2,1H3/t7-/m0/s1. The molecule has 0 aliphatic carbocycles. The summed E-state index contributed by atoms with van der Waals surface area (Å²) in [6, 6.07) is 0.755. The molecule has 0 aromatic carbocycles. The molecule has 1 heterocycles. The average molecular weight is 128 g/mol. The van der Waals surface area contributed by atoms with E-state index in [0.29, 0.717) is 0 Å². The van der Waals surface area contributed by atoms with Crippen molar-refractivity contribution in [3.8, 4) is 0 Å². The molecule has 0 unspecified atom stereocenters. The van der Waals surface area contributed by atoms with Gasteiger partial charge in [0, 0.05) is 19.3 Å². The molecule has 1 atom stereocenters. The minimum atomic E-state index is 0.755. The van der Waals surface area contributed by atoms with Crippen LogP contribution in [-0.2, 0) is 0 Å². The molecule has 1 rings (SSSR count). The van der Waals surface area contributed by atoms with Crippen LogP contribution in [0.4, 0.5) is 0 Å². The molecule has 2 N–H and O–H groups in total. The average Bonchev–Trinajstić information content (AvgIpc) is 2.34. The first-order valence-electron chi connectivity index (χ1n) is 3.87. The van der Waals surface area contributed by atoms with Crippen LogP contribution in [0.1, 0.15) is 26.2 Å². The highest BCUT2D eigenvalue weighted by Crippen LogP contribution is 2.01. The van der Waals surface area contributed by atoms with Crippen LogP contribution in [0.3, 0.4) is 0 Å². The highest BCUT2D eigenvalue weighted by Gasteiger charge is 2.10. The molecular weight excluding hydrogens is 112 g/mol. The Bertz CT molecular complexity index is 67.3. The maximum absolute atomic E-state index is 3.38. The first-order valence-corrected chi connectivity index (χ1v) is 3.87. The number of unbranched alkanes of at least 4 members (excludes halogenated alkanes) is 1. The van der Waals surface area contributed by atoms with Crippen LogP contribution >= 0.6 is 0 Å². The van der Waals surface area contributed by atoms with Gasteiger partial charge in [-0.1, -0.05) is 19.8 Å². The Morgan fingerprint density at radius 2 is 2.44 bits per heavy atom. The number of hydrogen-bond acceptors (Lipinski definition) is 2. The highest BCUT2D eigenvalue weighted by molar-refractivity contribution is 4.74. The molecule has 9 heavy (non-hydrogen) atoms. The fourth-order valence-electron chi connectivity index (χ4n) is 1.19. The van der Waals surface area contributed by atoms with Crippen LogP contribution in [-0.4, -0.2) is 19.3 Å². The van der Waals surface area contributed by atoms with Crippen LogP contribution in [0.15, 0.2) is 0 Å². The number of nitrogens with one attached hydrogen (secondary N) is 2. The first-order chi connectivity index (χ1) is 4.43. The minimum Gasteiger partial charge on any atom is -0.303 e. The zero-order valence-electron chi connectivity index (χ0n) is 6.11. The molecule has 0 saturated carbocycles. The Labute approximate surface area is 57.0 Å². The van der Waals surface area contributed by atoms with E-state index in [0.717, 1.165) is 12.7 Å². The molecule has 1 fully saturated rings. The lowest BCUT2D eigenvalue weighted by Crippen LogP contribution is -2.22. The fraction of sp³-hybridized carbons (Fsp3) is 1.00. The van der Waals surface area contributed by atoms with Crippen molar-refractivity contribution in [2.45, 2.75) is 32.2 Å². The Hall–Kier alpha value is -0.0800. The molecule has 2 nitrogen and oxygen atoms in total. The van der Waals surface area contributed by atoms with Crippen molar-refractivity contribution in [1.29, 1.82) is 0 Å². The second-order valence-electron chi connectivity index (χ2n) is 2.67. The maximum Gasteiger partial charge on any atom is 0.0457 e. The van der Waals surface area contributed by atoms with Crippen molar-refractivity contribution in [3.63, 3.8) is 0 Å². The highest BCUT2D eigenvalue weighted by atomic mass is 15.2. The van der Waals surface area contributed by atoms with Gasteiger partial charge in [-0.2, -0.15) is 0 Å². The summed E-state index contributed by atoms with van der Waals surface area (Å²) in [7, 11) is 0. The topological polar surface area (TPSA) is 24.1 Å². The number of hydrogen-bond donors (Lipinski definition) is 2. The summed E-state index contributed by atoms with van der Waals surface area (Å²) in [6.45, 7) is 4.41. The lowest BCUT2D eigenvalue weighted by Gasteiger charge is -2.05. The first kappa shape index (κ1) is 7.03. The van der Waals surface area contributed by atoms with Gasteiger partial charge in [0.1, 0.15) is 0 Å². The van der Waals surface area contributed by atoms with E-state index in [1.807, 2.05) is 0 Å². The maximum atomic E-state index is 3.38. The SMILES string of the molecule is CCCC[C@H]1CNCN1. The van der Waals surface area contributed by atoms with Gasteiger partial charge in [-0.05, 0) is 6.42 Å². The van der Waals surface area contributed by atoms with Crippen molar-refractivity contribution in [3.05, 3.63) is 0 Å². The van der Waals surface area contributed by atoms with Crippen molar-refractivity contribution in [1.82, 2.24) is 10.6 Å². The van der Waals surface area contributed by atoms with Gasteiger partial charge < -0.3 is 10.6 Å². The quantitative estimate of drug-likeness (QED) is 0.584. The Balaban J connectivity index is 1.98. The third-order valence-electron chi connectivity index (χ3n) is 1.81. The third kappa shape index (κ3) is 2.33. The summed E-state index contributed by atoms with van der Waals surface area (Å²) in [5.74, 6) is 0. The normalized spacial score (nSPS) is 27.0. The lowest BCUT2D eigenvalue weighted by molar-refractivity contribution is 0.551. The second kappa shape index (κ2) is 3.85. The molecule has 1 aliphatic rings. The Morgan fingerprint density at radius 3 is 3.00 bits per heavy atom. The van der Waals surface area contributed by atoms with Gasteiger partial charge in [0.25, 0.3) is 0 Å². The largest absolute Gasteiger partial charge is 0.303 e. The molecule has 0 amide bonds. The van der Waals surface area contributed by atoms with E-state index < -0.39 is 0 Å². The Kier molecular flexibility index (Phi) is 3.01. The van der Waals surface area contributed by atoms with E-state index in [1.165, 1.54) is 25.8 Å². The summed E-state index contributed by atoms with van der Waals surface area (Å²) in [4.78, 5) is 0. The molecule has 0 bridgehead atoms. The van der Waals surface area contributed by atoms with Crippen LogP contribution in [0.25, 0.3) is 0 Å². The van der Waals surface area contributed by atoms with Crippen molar-refractivity contribution in [2.75, 3.05) is 13.2 Å². The zero-order chi connectivity index (χ0) is 6.53.